The van der Waals surface area contributed by atoms with Crippen LogP contribution in [0.3, 0.4) is 0 Å². The third-order valence-electron chi connectivity index (χ3n) is 3.09. The van der Waals surface area contributed by atoms with Crippen LogP contribution in [-0.2, 0) is 11.3 Å². The van der Waals surface area contributed by atoms with Gasteiger partial charge in [-0.05, 0) is 45.8 Å². The van der Waals surface area contributed by atoms with E-state index in [0.717, 1.165) is 14.9 Å². The molecule has 3 amide bonds. The van der Waals surface area contributed by atoms with E-state index >= 15 is 0 Å². The molecule has 2 heterocycles. The molecule has 1 saturated heterocycles. The molecule has 1 aliphatic heterocycles. The van der Waals surface area contributed by atoms with Crippen LogP contribution in [0.25, 0.3) is 6.08 Å². The number of carbonyl (C=O) groups excluding carboxylic acids is 2. The molecule has 0 unspecified atom stereocenters. The summed E-state index contributed by atoms with van der Waals surface area (Å²) >= 11 is 10.7. The Hall–Kier alpha value is -1.63. The van der Waals surface area contributed by atoms with Crippen molar-refractivity contribution in [2.45, 2.75) is 6.54 Å². The molecule has 7 heteroatoms. The normalized spacial score (nSPS) is 16.5. The van der Waals surface area contributed by atoms with Crippen LogP contribution in [0.4, 0.5) is 4.79 Å². The summed E-state index contributed by atoms with van der Waals surface area (Å²) in [5.74, 6) is -0.329. The lowest BCUT2D eigenvalue weighted by Crippen LogP contribution is -2.30. The summed E-state index contributed by atoms with van der Waals surface area (Å²) < 4.78 is 0.944. The van der Waals surface area contributed by atoms with Gasteiger partial charge in [-0.2, -0.15) is 0 Å². The smallest absolute Gasteiger partial charge is 0.303 e. The lowest BCUT2D eigenvalue weighted by atomic mass is 10.2. The summed E-state index contributed by atoms with van der Waals surface area (Å²) in [6, 6.07) is 8.52. The first kappa shape index (κ1) is 15.3. The predicted octanol–water partition coefficient (Wildman–Crippen LogP) is 4.26. The molecule has 1 aromatic carbocycles. The number of hydrogen-bond donors (Lipinski definition) is 1. The number of carbonyl (C=O) groups is 2. The summed E-state index contributed by atoms with van der Waals surface area (Å²) in [6.07, 6.45) is 1.68. The van der Waals surface area contributed by atoms with E-state index in [2.05, 4.69) is 21.2 Å². The van der Waals surface area contributed by atoms with Gasteiger partial charge in [0.05, 0.1) is 6.54 Å². The van der Waals surface area contributed by atoms with Crippen molar-refractivity contribution in [2.75, 3.05) is 0 Å². The highest BCUT2D eigenvalue weighted by Gasteiger charge is 2.33. The Morgan fingerprint density at radius 1 is 1.27 bits per heavy atom. The largest absolute Gasteiger partial charge is 0.329 e. The fourth-order valence-corrected chi connectivity index (χ4v) is 3.54. The summed E-state index contributed by atoms with van der Waals surface area (Å²) in [7, 11) is 0. The highest BCUT2D eigenvalue weighted by Crippen LogP contribution is 2.24. The molecular formula is C15H10BrClN2O2S. The summed E-state index contributed by atoms with van der Waals surface area (Å²) in [4.78, 5) is 26.4. The highest BCUT2D eigenvalue weighted by atomic mass is 79.9. The lowest BCUT2D eigenvalue weighted by Gasteiger charge is -2.11. The van der Waals surface area contributed by atoms with Gasteiger partial charge < -0.3 is 5.32 Å². The monoisotopic (exact) mass is 396 g/mol. The molecule has 1 fully saturated rings. The number of rotatable bonds is 3. The SMILES string of the molecule is O=C1N/C(=C/c2cc(Br)cs2)C(=O)N1Cc1ccc(Cl)cc1. The van der Waals surface area contributed by atoms with Gasteiger partial charge in [0.1, 0.15) is 5.70 Å². The quantitative estimate of drug-likeness (QED) is 0.621. The van der Waals surface area contributed by atoms with Gasteiger partial charge in [0.25, 0.3) is 5.91 Å². The second-order valence-corrected chi connectivity index (χ2v) is 6.97. The van der Waals surface area contributed by atoms with Crippen molar-refractivity contribution in [3.8, 4) is 0 Å². The van der Waals surface area contributed by atoms with Crippen LogP contribution < -0.4 is 5.32 Å². The molecule has 2 aromatic rings. The Labute approximate surface area is 144 Å². The van der Waals surface area contributed by atoms with Gasteiger partial charge in [-0.3, -0.25) is 9.69 Å². The second-order valence-electron chi connectivity index (χ2n) is 4.67. The highest BCUT2D eigenvalue weighted by molar-refractivity contribution is 9.10. The molecule has 0 radical (unpaired) electrons. The van der Waals surface area contributed by atoms with E-state index in [-0.39, 0.29) is 18.1 Å². The van der Waals surface area contributed by atoms with Crippen molar-refractivity contribution in [1.82, 2.24) is 10.2 Å². The van der Waals surface area contributed by atoms with E-state index in [0.29, 0.717) is 5.02 Å². The van der Waals surface area contributed by atoms with Crippen LogP contribution in [0.5, 0.6) is 0 Å². The zero-order valence-corrected chi connectivity index (χ0v) is 14.3. The molecule has 3 rings (SSSR count). The van der Waals surface area contributed by atoms with Gasteiger partial charge in [0, 0.05) is 19.8 Å². The Morgan fingerprint density at radius 2 is 2.00 bits per heavy atom. The maximum Gasteiger partial charge on any atom is 0.329 e. The molecule has 22 heavy (non-hydrogen) atoms. The van der Waals surface area contributed by atoms with E-state index in [9.17, 15) is 9.59 Å². The topological polar surface area (TPSA) is 49.4 Å². The van der Waals surface area contributed by atoms with Crippen LogP contribution in [0, 0.1) is 0 Å². The van der Waals surface area contributed by atoms with Crippen LogP contribution in [-0.4, -0.2) is 16.8 Å². The molecule has 1 aromatic heterocycles. The number of amides is 3. The summed E-state index contributed by atoms with van der Waals surface area (Å²) in [6.45, 7) is 0.216. The average molecular weight is 398 g/mol. The van der Waals surface area contributed by atoms with E-state index in [1.807, 2.05) is 11.4 Å². The predicted molar refractivity (Wildman–Crippen MR) is 90.5 cm³/mol. The first-order valence-corrected chi connectivity index (χ1v) is 8.41. The molecule has 1 N–H and O–H groups in total. The second kappa shape index (κ2) is 6.24. The van der Waals surface area contributed by atoms with E-state index in [1.54, 1.807) is 30.3 Å². The molecule has 4 nitrogen and oxygen atoms in total. The van der Waals surface area contributed by atoms with Crippen LogP contribution >= 0.6 is 38.9 Å². The standard InChI is InChI=1S/C15H10BrClN2O2S/c16-10-5-12(22-8-10)6-13-14(20)19(15(21)18-13)7-9-1-3-11(17)4-2-9/h1-6,8H,7H2,(H,18,21)/b13-6+. The van der Waals surface area contributed by atoms with Gasteiger partial charge in [-0.15, -0.1) is 11.3 Å². The molecular weight excluding hydrogens is 388 g/mol. The van der Waals surface area contributed by atoms with Crippen LogP contribution in [0.15, 0.2) is 45.9 Å². The third-order valence-corrected chi connectivity index (χ3v) is 4.98. The number of benzene rings is 1. The van der Waals surface area contributed by atoms with Gasteiger partial charge in [-0.1, -0.05) is 23.7 Å². The molecule has 0 saturated carbocycles. The minimum Gasteiger partial charge on any atom is -0.303 e. The number of nitrogens with zero attached hydrogens (tertiary/aromatic N) is 1. The minimum absolute atomic E-state index is 0.216. The van der Waals surface area contributed by atoms with Crippen molar-refractivity contribution in [1.29, 1.82) is 0 Å². The van der Waals surface area contributed by atoms with Crippen molar-refractivity contribution < 1.29 is 9.59 Å². The van der Waals surface area contributed by atoms with Gasteiger partial charge in [0.2, 0.25) is 0 Å². The molecule has 112 valence electrons. The van der Waals surface area contributed by atoms with Crippen molar-refractivity contribution in [3.63, 3.8) is 0 Å². The number of nitrogens with one attached hydrogen (secondary N) is 1. The number of imide groups is 1. The number of urea groups is 1. The van der Waals surface area contributed by atoms with Crippen molar-refractivity contribution in [3.05, 3.63) is 61.3 Å². The van der Waals surface area contributed by atoms with Crippen LogP contribution in [0.1, 0.15) is 10.4 Å². The van der Waals surface area contributed by atoms with Gasteiger partial charge >= 0.3 is 6.03 Å². The molecule has 1 aliphatic rings. The Balaban J connectivity index is 1.79. The molecule has 0 spiro atoms. The zero-order valence-electron chi connectivity index (χ0n) is 11.2. The lowest BCUT2D eigenvalue weighted by molar-refractivity contribution is -0.123. The number of halogens is 2. The van der Waals surface area contributed by atoms with Gasteiger partial charge in [0.15, 0.2) is 0 Å². The maximum absolute atomic E-state index is 12.3. The first-order chi connectivity index (χ1) is 10.5. The van der Waals surface area contributed by atoms with Crippen LogP contribution in [0.2, 0.25) is 5.02 Å². The number of thiophene rings is 1. The molecule has 0 aliphatic carbocycles. The molecule has 0 bridgehead atoms. The fourth-order valence-electron chi connectivity index (χ4n) is 2.03. The van der Waals surface area contributed by atoms with Gasteiger partial charge in [-0.25, -0.2) is 4.79 Å². The van der Waals surface area contributed by atoms with Crippen molar-refractivity contribution >= 4 is 56.9 Å². The maximum atomic E-state index is 12.3. The first-order valence-electron chi connectivity index (χ1n) is 6.36. The van der Waals surface area contributed by atoms with E-state index < -0.39 is 6.03 Å². The van der Waals surface area contributed by atoms with E-state index in [4.69, 9.17) is 11.6 Å². The number of hydrogen-bond acceptors (Lipinski definition) is 3. The Bertz CT molecular complexity index is 770. The third kappa shape index (κ3) is 3.24. The molecule has 0 atom stereocenters. The zero-order chi connectivity index (χ0) is 15.7. The summed E-state index contributed by atoms with van der Waals surface area (Å²) in [5, 5.41) is 5.14. The fraction of sp³-hybridized carbons (Fsp3) is 0.0667. The Kier molecular flexibility index (Phi) is 4.33. The van der Waals surface area contributed by atoms with Crippen molar-refractivity contribution in [2.24, 2.45) is 0 Å². The van der Waals surface area contributed by atoms with E-state index in [1.165, 1.54) is 16.2 Å². The summed E-state index contributed by atoms with van der Waals surface area (Å²) in [5.41, 5.74) is 1.13. The Morgan fingerprint density at radius 3 is 2.64 bits per heavy atom. The average Bonchev–Trinajstić information content (AvgIpc) is 3.00. The minimum atomic E-state index is -0.415.